The van der Waals surface area contributed by atoms with Crippen LogP contribution in [0.2, 0.25) is 0 Å². The van der Waals surface area contributed by atoms with Crippen LogP contribution in [0.1, 0.15) is 5.56 Å². The fourth-order valence-corrected chi connectivity index (χ4v) is 3.40. The molecule has 0 bridgehead atoms. The van der Waals surface area contributed by atoms with Gasteiger partial charge in [0.1, 0.15) is 16.1 Å². The Kier molecular flexibility index (Phi) is 4.83. The highest BCUT2D eigenvalue weighted by Gasteiger charge is 2.25. The van der Waals surface area contributed by atoms with Gasteiger partial charge < -0.3 is 9.32 Å². The molecule has 6 heteroatoms. The van der Waals surface area contributed by atoms with Gasteiger partial charge in [0.25, 0.3) is 0 Å². The summed E-state index contributed by atoms with van der Waals surface area (Å²) in [6, 6.07) is 22.7. The number of rotatable bonds is 6. The average molecular weight is 386 g/mol. The Bertz CT molecular complexity index is 1180. The van der Waals surface area contributed by atoms with Gasteiger partial charge in [-0.1, -0.05) is 60.7 Å². The molecule has 0 atom stereocenters. The highest BCUT2D eigenvalue weighted by atomic mass is 16.6. The van der Waals surface area contributed by atoms with Gasteiger partial charge in [-0.15, -0.1) is 0 Å². The molecular weight excluding hydrogens is 368 g/mol. The third-order valence-electron chi connectivity index (χ3n) is 4.80. The Labute approximate surface area is 167 Å². The molecule has 0 saturated carbocycles. The smallest absolute Gasteiger partial charge is 0.400 e. The first-order valence-corrected chi connectivity index (χ1v) is 9.08. The van der Waals surface area contributed by atoms with Crippen LogP contribution in [0.25, 0.3) is 33.2 Å². The second-order valence-corrected chi connectivity index (χ2v) is 6.83. The number of nitrogens with zero attached hydrogens (tertiary/aromatic N) is 2. The summed E-state index contributed by atoms with van der Waals surface area (Å²) in [5.41, 5.74) is 4.63. The Morgan fingerprint density at radius 3 is 2.31 bits per heavy atom. The SMILES string of the molecule is CN(C=O)Cc1ccc(-c2ccc3oc([N+](=O)[O-])c(-c4ccccc4)c3c2)cc1. The average Bonchev–Trinajstić information content (AvgIpc) is 3.14. The van der Waals surface area contributed by atoms with E-state index in [1.165, 1.54) is 0 Å². The number of amides is 1. The first kappa shape index (κ1) is 18.4. The van der Waals surface area contributed by atoms with Crippen LogP contribution in [0.15, 0.2) is 77.2 Å². The summed E-state index contributed by atoms with van der Waals surface area (Å²) in [7, 11) is 1.73. The largest absolute Gasteiger partial charge is 0.442 e. The van der Waals surface area contributed by atoms with E-state index in [-0.39, 0.29) is 5.88 Å². The highest BCUT2D eigenvalue weighted by Crippen LogP contribution is 2.41. The van der Waals surface area contributed by atoms with E-state index in [1.54, 1.807) is 18.0 Å². The second-order valence-electron chi connectivity index (χ2n) is 6.83. The molecule has 0 spiro atoms. The molecule has 4 aromatic rings. The first-order valence-electron chi connectivity index (χ1n) is 9.08. The third-order valence-corrected chi connectivity index (χ3v) is 4.80. The zero-order valence-corrected chi connectivity index (χ0v) is 15.7. The second kappa shape index (κ2) is 7.59. The molecule has 1 aromatic heterocycles. The van der Waals surface area contributed by atoms with Gasteiger partial charge in [-0.05, 0) is 34.4 Å². The van der Waals surface area contributed by atoms with Gasteiger partial charge >= 0.3 is 5.88 Å². The lowest BCUT2D eigenvalue weighted by molar-refractivity contribution is -0.400. The normalized spacial score (nSPS) is 10.8. The number of hydrogen-bond acceptors (Lipinski definition) is 4. The van der Waals surface area contributed by atoms with Gasteiger partial charge in [0.15, 0.2) is 0 Å². The lowest BCUT2D eigenvalue weighted by Gasteiger charge is -2.11. The number of carbonyl (C=O) groups is 1. The molecule has 0 N–H and O–H groups in total. The Hall–Kier alpha value is -3.93. The number of nitro groups is 1. The van der Waals surface area contributed by atoms with Gasteiger partial charge in [0.2, 0.25) is 6.41 Å². The van der Waals surface area contributed by atoms with E-state index in [0.29, 0.717) is 23.1 Å². The van der Waals surface area contributed by atoms with Crippen molar-refractivity contribution in [2.75, 3.05) is 7.05 Å². The van der Waals surface area contributed by atoms with Crippen LogP contribution < -0.4 is 0 Å². The zero-order valence-electron chi connectivity index (χ0n) is 15.7. The summed E-state index contributed by atoms with van der Waals surface area (Å²) < 4.78 is 5.54. The molecule has 1 amide bonds. The van der Waals surface area contributed by atoms with Crippen LogP contribution >= 0.6 is 0 Å². The van der Waals surface area contributed by atoms with E-state index in [0.717, 1.165) is 28.7 Å². The fourth-order valence-electron chi connectivity index (χ4n) is 3.40. The van der Waals surface area contributed by atoms with E-state index in [1.807, 2.05) is 66.7 Å². The van der Waals surface area contributed by atoms with Crippen molar-refractivity contribution < 1.29 is 14.1 Å². The maximum absolute atomic E-state index is 11.6. The molecule has 29 heavy (non-hydrogen) atoms. The predicted octanol–water partition coefficient (Wildman–Crippen LogP) is 5.26. The summed E-state index contributed by atoms with van der Waals surface area (Å²) in [5.74, 6) is -0.254. The van der Waals surface area contributed by atoms with Crippen LogP contribution in [-0.4, -0.2) is 23.3 Å². The van der Waals surface area contributed by atoms with Gasteiger partial charge in [-0.25, -0.2) is 0 Å². The molecule has 0 radical (unpaired) electrons. The highest BCUT2D eigenvalue weighted by molar-refractivity contribution is 6.00. The minimum absolute atomic E-state index is 0.254. The lowest BCUT2D eigenvalue weighted by Crippen LogP contribution is -2.14. The van der Waals surface area contributed by atoms with Crippen molar-refractivity contribution in [3.8, 4) is 22.3 Å². The van der Waals surface area contributed by atoms with Crippen molar-refractivity contribution in [1.82, 2.24) is 4.90 Å². The number of carbonyl (C=O) groups excluding carboxylic acids is 1. The fraction of sp³-hybridized carbons (Fsp3) is 0.0870. The summed E-state index contributed by atoms with van der Waals surface area (Å²) in [5, 5.41) is 12.3. The Morgan fingerprint density at radius 2 is 1.66 bits per heavy atom. The Morgan fingerprint density at radius 1 is 0.966 bits per heavy atom. The van der Waals surface area contributed by atoms with Gasteiger partial charge in [-0.3, -0.25) is 14.9 Å². The molecule has 0 fully saturated rings. The van der Waals surface area contributed by atoms with Crippen molar-refractivity contribution in [2.45, 2.75) is 6.54 Å². The van der Waals surface area contributed by atoms with Crippen LogP contribution in [0.5, 0.6) is 0 Å². The molecule has 0 aliphatic heterocycles. The predicted molar refractivity (Wildman–Crippen MR) is 111 cm³/mol. The third kappa shape index (κ3) is 3.60. The van der Waals surface area contributed by atoms with Gasteiger partial charge in [-0.2, -0.15) is 0 Å². The molecule has 3 aromatic carbocycles. The molecule has 0 unspecified atom stereocenters. The Balaban J connectivity index is 1.80. The number of fused-ring (bicyclic) bond motifs is 1. The number of hydrogen-bond donors (Lipinski definition) is 0. The molecule has 4 rings (SSSR count). The summed E-state index contributed by atoms with van der Waals surface area (Å²) in [4.78, 5) is 23.4. The molecule has 0 aliphatic rings. The van der Waals surface area contributed by atoms with Crippen LogP contribution in [0.3, 0.4) is 0 Å². The standard InChI is InChI=1S/C23H18N2O4/c1-24(15-26)14-16-7-9-17(10-8-16)19-11-12-21-20(13-19)22(23(29-21)25(27)28)18-5-3-2-4-6-18/h2-13,15H,14H2,1H3. The number of benzene rings is 3. The molecule has 0 aliphatic carbocycles. The summed E-state index contributed by atoms with van der Waals surface area (Å²) in [6.07, 6.45) is 0.790. The van der Waals surface area contributed by atoms with E-state index in [2.05, 4.69) is 0 Å². The molecule has 1 heterocycles. The van der Waals surface area contributed by atoms with E-state index >= 15 is 0 Å². The van der Waals surface area contributed by atoms with Crippen LogP contribution in [-0.2, 0) is 11.3 Å². The molecule has 6 nitrogen and oxygen atoms in total. The zero-order chi connectivity index (χ0) is 20.4. The van der Waals surface area contributed by atoms with E-state index in [4.69, 9.17) is 4.42 Å². The topological polar surface area (TPSA) is 76.6 Å². The number of furan rings is 1. The van der Waals surface area contributed by atoms with Crippen LogP contribution in [0.4, 0.5) is 5.88 Å². The maximum atomic E-state index is 11.6. The molecule has 144 valence electrons. The minimum Gasteiger partial charge on any atom is -0.400 e. The molecule has 0 saturated heterocycles. The first-order chi connectivity index (χ1) is 14.1. The van der Waals surface area contributed by atoms with Crippen molar-refractivity contribution in [3.05, 3.63) is 88.5 Å². The monoisotopic (exact) mass is 386 g/mol. The van der Waals surface area contributed by atoms with Crippen molar-refractivity contribution >= 4 is 23.3 Å². The summed E-state index contributed by atoms with van der Waals surface area (Å²) >= 11 is 0. The molecular formula is C23H18N2O4. The minimum atomic E-state index is -0.486. The van der Waals surface area contributed by atoms with Crippen molar-refractivity contribution in [1.29, 1.82) is 0 Å². The lowest BCUT2D eigenvalue weighted by atomic mass is 9.98. The maximum Gasteiger partial charge on any atom is 0.442 e. The quantitative estimate of drug-likeness (QED) is 0.257. The van der Waals surface area contributed by atoms with Crippen LogP contribution in [0, 0.1) is 10.1 Å². The summed E-state index contributed by atoms with van der Waals surface area (Å²) in [6.45, 7) is 0.537. The van der Waals surface area contributed by atoms with Crippen molar-refractivity contribution in [2.24, 2.45) is 0 Å². The van der Waals surface area contributed by atoms with E-state index < -0.39 is 4.92 Å². The van der Waals surface area contributed by atoms with Crippen molar-refractivity contribution in [3.63, 3.8) is 0 Å². The van der Waals surface area contributed by atoms with Gasteiger partial charge in [0.05, 0.1) is 0 Å². The van der Waals surface area contributed by atoms with Gasteiger partial charge in [0, 0.05) is 19.0 Å². The van der Waals surface area contributed by atoms with E-state index in [9.17, 15) is 14.9 Å².